The fraction of sp³-hybridized carbons (Fsp3) is 0.231. The summed E-state index contributed by atoms with van der Waals surface area (Å²) in [6, 6.07) is 19.9. The smallest absolute Gasteiger partial charge is 0.342 e. The van der Waals surface area contributed by atoms with Gasteiger partial charge in [0.1, 0.15) is 17.9 Å². The van der Waals surface area contributed by atoms with Crippen molar-refractivity contribution in [2.45, 2.75) is 31.9 Å². The fourth-order valence-corrected chi connectivity index (χ4v) is 4.37. The van der Waals surface area contributed by atoms with E-state index in [0.717, 1.165) is 30.4 Å². The Morgan fingerprint density at radius 1 is 1.00 bits per heavy atom. The van der Waals surface area contributed by atoms with Crippen LogP contribution in [0.25, 0.3) is 0 Å². The number of halogens is 2. The zero-order valence-corrected chi connectivity index (χ0v) is 19.4. The highest BCUT2D eigenvalue weighted by Gasteiger charge is 2.22. The molecule has 0 heterocycles. The quantitative estimate of drug-likeness (QED) is 0.423. The minimum Gasteiger partial charge on any atom is -0.488 e. The van der Waals surface area contributed by atoms with Gasteiger partial charge in [-0.15, -0.1) is 0 Å². The van der Waals surface area contributed by atoms with E-state index in [1.54, 1.807) is 42.5 Å². The number of ether oxygens (including phenoxy) is 2. The molecule has 170 valence electrons. The van der Waals surface area contributed by atoms with E-state index in [0.29, 0.717) is 15.8 Å². The molecule has 0 saturated heterocycles. The zero-order chi connectivity index (χ0) is 23.2. The highest BCUT2D eigenvalue weighted by atomic mass is 35.5. The van der Waals surface area contributed by atoms with Gasteiger partial charge in [0.15, 0.2) is 6.61 Å². The van der Waals surface area contributed by atoms with Crippen LogP contribution in [0, 0.1) is 0 Å². The third-order valence-corrected chi connectivity index (χ3v) is 6.13. The normalized spacial score (nSPS) is 14.8. The number of amides is 1. The average molecular weight is 484 g/mol. The number of fused-ring (bicyclic) bond motifs is 1. The van der Waals surface area contributed by atoms with E-state index in [1.165, 1.54) is 5.56 Å². The molecule has 33 heavy (non-hydrogen) atoms. The Morgan fingerprint density at radius 3 is 2.64 bits per heavy atom. The second kappa shape index (κ2) is 10.7. The van der Waals surface area contributed by atoms with Gasteiger partial charge in [-0.25, -0.2) is 4.79 Å². The zero-order valence-electron chi connectivity index (χ0n) is 17.9. The van der Waals surface area contributed by atoms with Crippen molar-refractivity contribution in [3.8, 4) is 5.75 Å². The van der Waals surface area contributed by atoms with Crippen molar-refractivity contribution in [2.75, 3.05) is 6.61 Å². The van der Waals surface area contributed by atoms with E-state index in [4.69, 9.17) is 32.7 Å². The number of rotatable bonds is 7. The van der Waals surface area contributed by atoms with E-state index in [9.17, 15) is 9.59 Å². The first-order valence-electron chi connectivity index (χ1n) is 10.7. The molecule has 1 aliphatic carbocycles. The summed E-state index contributed by atoms with van der Waals surface area (Å²) in [7, 11) is 0. The Morgan fingerprint density at radius 2 is 1.79 bits per heavy atom. The van der Waals surface area contributed by atoms with Crippen LogP contribution in [-0.2, 0) is 22.6 Å². The molecule has 4 rings (SSSR count). The fourth-order valence-electron chi connectivity index (χ4n) is 3.90. The number of hydrogen-bond acceptors (Lipinski definition) is 4. The summed E-state index contributed by atoms with van der Waals surface area (Å²) >= 11 is 12.1. The van der Waals surface area contributed by atoms with Gasteiger partial charge in [0.25, 0.3) is 5.91 Å². The summed E-state index contributed by atoms with van der Waals surface area (Å²) in [5.41, 5.74) is 3.34. The van der Waals surface area contributed by atoms with Crippen molar-refractivity contribution in [2.24, 2.45) is 0 Å². The van der Waals surface area contributed by atoms with Gasteiger partial charge in [-0.2, -0.15) is 0 Å². The summed E-state index contributed by atoms with van der Waals surface area (Å²) in [6.07, 6.45) is 2.88. The molecule has 0 aliphatic heterocycles. The van der Waals surface area contributed by atoms with Gasteiger partial charge in [-0.3, -0.25) is 4.79 Å². The van der Waals surface area contributed by atoms with Gasteiger partial charge in [-0.1, -0.05) is 65.7 Å². The summed E-state index contributed by atoms with van der Waals surface area (Å²) < 4.78 is 11.1. The first-order valence-corrected chi connectivity index (χ1v) is 11.5. The number of benzene rings is 3. The second-order valence-corrected chi connectivity index (χ2v) is 8.65. The molecule has 0 unspecified atom stereocenters. The minimum absolute atomic E-state index is 0.0686. The lowest BCUT2D eigenvalue weighted by molar-refractivity contribution is -0.125. The standard InChI is InChI=1S/C26H23Cl2NO4/c27-19-13-12-18(22(28)14-19)15-32-24-11-4-3-9-21(24)26(31)33-16-25(30)29-23-10-5-7-17-6-1-2-8-20(17)23/h1-4,6,8-9,11-14,23H,5,7,10,15-16H2,(H,29,30)/t23-/m1/s1. The van der Waals surface area contributed by atoms with E-state index in [2.05, 4.69) is 11.4 Å². The van der Waals surface area contributed by atoms with Crippen LogP contribution in [0.15, 0.2) is 66.7 Å². The summed E-state index contributed by atoms with van der Waals surface area (Å²) in [6.45, 7) is -0.212. The molecule has 1 amide bonds. The van der Waals surface area contributed by atoms with Gasteiger partial charge >= 0.3 is 5.97 Å². The van der Waals surface area contributed by atoms with E-state index < -0.39 is 5.97 Å². The van der Waals surface area contributed by atoms with E-state index >= 15 is 0 Å². The molecule has 3 aromatic rings. The minimum atomic E-state index is -0.632. The largest absolute Gasteiger partial charge is 0.488 e. The Bertz CT molecular complexity index is 1160. The number of esters is 1. The Balaban J connectivity index is 1.35. The molecule has 1 aliphatic rings. The number of carbonyl (C=O) groups excluding carboxylic acids is 2. The Kier molecular flexibility index (Phi) is 7.53. The average Bonchev–Trinajstić information content (AvgIpc) is 2.82. The van der Waals surface area contributed by atoms with Crippen molar-refractivity contribution in [1.82, 2.24) is 5.32 Å². The third-order valence-electron chi connectivity index (χ3n) is 5.54. The van der Waals surface area contributed by atoms with Crippen LogP contribution < -0.4 is 10.1 Å². The van der Waals surface area contributed by atoms with Crippen LogP contribution in [0.4, 0.5) is 0 Å². The van der Waals surface area contributed by atoms with Crippen molar-refractivity contribution in [1.29, 1.82) is 0 Å². The number of para-hydroxylation sites is 1. The summed E-state index contributed by atoms with van der Waals surface area (Å²) in [4.78, 5) is 25.1. The van der Waals surface area contributed by atoms with Gasteiger partial charge in [0.2, 0.25) is 0 Å². The summed E-state index contributed by atoms with van der Waals surface area (Å²) in [5.74, 6) is -0.626. The molecule has 7 heteroatoms. The first kappa shape index (κ1) is 23.1. The molecule has 1 atom stereocenters. The Labute approximate surface area is 202 Å². The van der Waals surface area contributed by atoms with Crippen molar-refractivity contribution in [3.05, 3.63) is 99.0 Å². The molecule has 0 bridgehead atoms. The monoisotopic (exact) mass is 483 g/mol. The van der Waals surface area contributed by atoms with E-state index in [-0.39, 0.29) is 30.7 Å². The SMILES string of the molecule is O=C(COC(=O)c1ccccc1OCc1ccc(Cl)cc1Cl)N[C@@H]1CCCc2ccccc21. The van der Waals surface area contributed by atoms with Gasteiger partial charge < -0.3 is 14.8 Å². The van der Waals surface area contributed by atoms with Crippen LogP contribution in [0.1, 0.15) is 45.9 Å². The predicted octanol–water partition coefficient (Wildman–Crippen LogP) is 5.92. The van der Waals surface area contributed by atoms with Gasteiger partial charge in [0, 0.05) is 15.6 Å². The van der Waals surface area contributed by atoms with Crippen LogP contribution in [0.5, 0.6) is 5.75 Å². The van der Waals surface area contributed by atoms with Crippen molar-refractivity contribution < 1.29 is 19.1 Å². The number of hydrogen-bond donors (Lipinski definition) is 1. The second-order valence-electron chi connectivity index (χ2n) is 7.81. The van der Waals surface area contributed by atoms with E-state index in [1.807, 2.05) is 18.2 Å². The van der Waals surface area contributed by atoms with Crippen LogP contribution in [0.3, 0.4) is 0 Å². The molecule has 0 fully saturated rings. The lowest BCUT2D eigenvalue weighted by atomic mass is 9.88. The van der Waals surface area contributed by atoms with Crippen molar-refractivity contribution in [3.63, 3.8) is 0 Å². The first-order chi connectivity index (χ1) is 16.0. The molecular formula is C26H23Cl2NO4. The van der Waals surface area contributed by atoms with Gasteiger partial charge in [0.05, 0.1) is 6.04 Å². The molecule has 1 N–H and O–H groups in total. The molecule has 5 nitrogen and oxygen atoms in total. The van der Waals surface area contributed by atoms with Crippen molar-refractivity contribution >= 4 is 35.1 Å². The molecule has 0 saturated carbocycles. The maximum absolute atomic E-state index is 12.7. The van der Waals surface area contributed by atoms with Crippen LogP contribution in [0.2, 0.25) is 10.0 Å². The molecular weight excluding hydrogens is 461 g/mol. The topological polar surface area (TPSA) is 64.6 Å². The maximum Gasteiger partial charge on any atom is 0.342 e. The maximum atomic E-state index is 12.7. The molecule has 0 radical (unpaired) electrons. The number of carbonyl (C=O) groups is 2. The molecule has 0 aromatic heterocycles. The molecule has 0 spiro atoms. The summed E-state index contributed by atoms with van der Waals surface area (Å²) in [5, 5.41) is 3.99. The van der Waals surface area contributed by atoms with Gasteiger partial charge in [-0.05, 0) is 54.7 Å². The van der Waals surface area contributed by atoms with Crippen LogP contribution in [-0.4, -0.2) is 18.5 Å². The Hall–Kier alpha value is -3.02. The van der Waals surface area contributed by atoms with Crippen LogP contribution >= 0.6 is 23.2 Å². The third kappa shape index (κ3) is 5.86. The molecule has 3 aromatic carbocycles. The highest BCUT2D eigenvalue weighted by Crippen LogP contribution is 2.29. The lowest BCUT2D eigenvalue weighted by Crippen LogP contribution is -2.34. The highest BCUT2D eigenvalue weighted by molar-refractivity contribution is 6.35. The predicted molar refractivity (Wildman–Crippen MR) is 128 cm³/mol. The number of aryl methyl sites for hydroxylation is 1. The lowest BCUT2D eigenvalue weighted by Gasteiger charge is -2.26. The number of nitrogens with one attached hydrogen (secondary N) is 1.